The number of fused-ring (bicyclic) bond motifs is 1. The monoisotopic (exact) mass is 688 g/mol. The molecule has 0 fully saturated rings. The van der Waals surface area contributed by atoms with Gasteiger partial charge in [0.1, 0.15) is 11.3 Å². The molecule has 4 amide bonds. The summed E-state index contributed by atoms with van der Waals surface area (Å²) in [6, 6.07) is 18.3. The Labute approximate surface area is 279 Å². The second-order valence-corrected chi connectivity index (χ2v) is 14.8. The molecule has 0 aliphatic carbocycles. The van der Waals surface area contributed by atoms with E-state index in [1.807, 2.05) is 60.5 Å². The van der Waals surface area contributed by atoms with E-state index >= 15 is 0 Å². The van der Waals surface area contributed by atoms with E-state index in [0.717, 1.165) is 45.1 Å². The average molecular weight is 689 g/mol. The summed E-state index contributed by atoms with van der Waals surface area (Å²) >= 11 is 0. The van der Waals surface area contributed by atoms with Crippen LogP contribution in [0.25, 0.3) is 16.7 Å². The van der Waals surface area contributed by atoms with Gasteiger partial charge < -0.3 is 0 Å². The molecule has 0 unspecified atom stereocenters. The summed E-state index contributed by atoms with van der Waals surface area (Å²) < 4.78 is 57.9. The van der Waals surface area contributed by atoms with Gasteiger partial charge in [0.25, 0.3) is 20.0 Å². The molecule has 0 saturated heterocycles. The lowest BCUT2D eigenvalue weighted by Gasteiger charge is -2.22. The number of amides is 4. The molecule has 0 aliphatic rings. The highest BCUT2D eigenvalue weighted by molar-refractivity contribution is 7.90. The maximum absolute atomic E-state index is 13.4. The van der Waals surface area contributed by atoms with Crippen LogP contribution >= 0.6 is 0 Å². The normalized spacial score (nSPS) is 11.8. The van der Waals surface area contributed by atoms with Gasteiger partial charge in [0.15, 0.2) is 0 Å². The molecular formula is C34H36N6O6S2. The van der Waals surface area contributed by atoms with Gasteiger partial charge in [0, 0.05) is 24.3 Å². The number of benzene rings is 3. The van der Waals surface area contributed by atoms with E-state index in [1.54, 1.807) is 38.1 Å². The zero-order valence-electron chi connectivity index (χ0n) is 27.2. The first-order chi connectivity index (χ1) is 22.7. The van der Waals surface area contributed by atoms with Gasteiger partial charge in [-0.05, 0) is 82.1 Å². The molecular weight excluding hydrogens is 653 g/mol. The minimum atomic E-state index is -4.38. The van der Waals surface area contributed by atoms with E-state index in [1.165, 1.54) is 24.3 Å². The molecule has 5 aromatic rings. The molecule has 0 atom stereocenters. The molecule has 0 radical (unpaired) electrons. The molecule has 12 nitrogen and oxygen atoms in total. The number of sulfonamides is 2. The second-order valence-electron chi connectivity index (χ2n) is 11.4. The van der Waals surface area contributed by atoms with Crippen LogP contribution in [-0.4, -0.2) is 54.9 Å². The number of aryl methyl sites for hydroxylation is 5. The molecule has 5 rings (SSSR count). The molecule has 0 saturated carbocycles. The van der Waals surface area contributed by atoms with Crippen LogP contribution in [0.2, 0.25) is 0 Å². The Bertz CT molecular complexity index is 2120. The number of imide groups is 1. The summed E-state index contributed by atoms with van der Waals surface area (Å²) in [5, 5.41) is 0. The molecule has 250 valence electrons. The van der Waals surface area contributed by atoms with Gasteiger partial charge >= 0.3 is 12.1 Å². The van der Waals surface area contributed by atoms with Crippen molar-refractivity contribution >= 4 is 43.1 Å². The third-order valence-electron chi connectivity index (χ3n) is 7.75. The van der Waals surface area contributed by atoms with E-state index in [0.29, 0.717) is 16.9 Å². The summed E-state index contributed by atoms with van der Waals surface area (Å²) in [5.74, 6) is 0.859. The van der Waals surface area contributed by atoms with Crippen molar-refractivity contribution in [1.82, 2.24) is 28.9 Å². The topological polar surface area (TPSA) is 160 Å². The standard InChI is InChI=1S/C34H36N6O6S2/c1-6-31-36-32-25(5)35-24(4)21-30(32)40(31)27-13-11-26(12-14-27)19-20-39(33(41)37-47(43,44)28-15-7-22(2)8-16-28)34(42)38-48(45,46)29-17-9-23(3)10-18-29/h7-18,21H,6,19-20H2,1-5H3,(H,37,41)(H,38,42). The van der Waals surface area contributed by atoms with Crippen LogP contribution in [-0.2, 0) is 32.9 Å². The Balaban J connectivity index is 1.40. The van der Waals surface area contributed by atoms with Gasteiger partial charge in [0.2, 0.25) is 0 Å². The highest BCUT2D eigenvalue weighted by Crippen LogP contribution is 2.25. The Morgan fingerprint density at radius 2 is 1.23 bits per heavy atom. The Morgan fingerprint density at radius 3 is 1.71 bits per heavy atom. The molecule has 0 spiro atoms. The summed E-state index contributed by atoms with van der Waals surface area (Å²) in [6.45, 7) is 9.09. The summed E-state index contributed by atoms with van der Waals surface area (Å²) in [7, 11) is -8.77. The van der Waals surface area contributed by atoms with Crippen LogP contribution in [0, 0.1) is 27.7 Å². The Morgan fingerprint density at radius 1 is 0.729 bits per heavy atom. The number of nitrogens with one attached hydrogen (secondary N) is 2. The molecule has 2 heterocycles. The number of hydrogen-bond acceptors (Lipinski definition) is 8. The molecule has 0 bridgehead atoms. The number of rotatable bonds is 9. The predicted molar refractivity (Wildman–Crippen MR) is 182 cm³/mol. The minimum Gasteiger partial charge on any atom is -0.296 e. The summed E-state index contributed by atoms with van der Waals surface area (Å²) in [6.07, 6.45) is 0.787. The van der Waals surface area contributed by atoms with Crippen molar-refractivity contribution in [3.05, 3.63) is 113 Å². The van der Waals surface area contributed by atoms with E-state index in [2.05, 4.69) is 9.55 Å². The van der Waals surface area contributed by atoms with Crippen LogP contribution in [0.1, 0.15) is 40.8 Å². The summed E-state index contributed by atoms with van der Waals surface area (Å²) in [5.41, 5.74) is 6.62. The third kappa shape index (κ3) is 7.39. The largest absolute Gasteiger partial charge is 0.339 e. The predicted octanol–water partition coefficient (Wildman–Crippen LogP) is 5.26. The van der Waals surface area contributed by atoms with Crippen molar-refractivity contribution in [2.75, 3.05) is 6.54 Å². The van der Waals surface area contributed by atoms with Crippen LogP contribution in [0.3, 0.4) is 0 Å². The SMILES string of the molecule is CCc1nc2c(C)nc(C)cc2n1-c1ccc(CCN(C(=O)NS(=O)(=O)c2ccc(C)cc2)C(=O)NS(=O)(=O)c2ccc(C)cc2)cc1. The highest BCUT2D eigenvalue weighted by Gasteiger charge is 2.30. The Hall–Kier alpha value is -5.08. The van der Waals surface area contributed by atoms with Gasteiger partial charge in [0.05, 0.1) is 21.0 Å². The van der Waals surface area contributed by atoms with Crippen LogP contribution in [0.5, 0.6) is 0 Å². The summed E-state index contributed by atoms with van der Waals surface area (Å²) in [4.78, 5) is 36.2. The van der Waals surface area contributed by atoms with E-state index in [-0.39, 0.29) is 22.8 Å². The number of aromatic nitrogens is 3. The molecule has 48 heavy (non-hydrogen) atoms. The fourth-order valence-electron chi connectivity index (χ4n) is 5.19. The van der Waals surface area contributed by atoms with Gasteiger partial charge in [-0.3, -0.25) is 9.55 Å². The first kappa shape index (κ1) is 34.3. The second kappa shape index (κ2) is 13.6. The van der Waals surface area contributed by atoms with Crippen molar-refractivity contribution in [3.8, 4) is 5.69 Å². The van der Waals surface area contributed by atoms with Gasteiger partial charge in [-0.1, -0.05) is 54.4 Å². The Kier molecular flexibility index (Phi) is 9.69. The average Bonchev–Trinajstić information content (AvgIpc) is 3.40. The lowest BCUT2D eigenvalue weighted by Crippen LogP contribution is -2.51. The van der Waals surface area contributed by atoms with Crippen LogP contribution < -0.4 is 9.44 Å². The minimum absolute atomic E-state index is 0.101. The lowest BCUT2D eigenvalue weighted by molar-refractivity contribution is 0.193. The van der Waals surface area contributed by atoms with Gasteiger partial charge in [-0.25, -0.2) is 45.8 Å². The maximum atomic E-state index is 13.4. The maximum Gasteiger partial charge on any atom is 0.339 e. The van der Waals surface area contributed by atoms with E-state index in [9.17, 15) is 26.4 Å². The number of imidazole rings is 1. The lowest BCUT2D eigenvalue weighted by atomic mass is 10.1. The van der Waals surface area contributed by atoms with Gasteiger partial charge in [-0.15, -0.1) is 0 Å². The van der Waals surface area contributed by atoms with Crippen molar-refractivity contribution in [2.24, 2.45) is 0 Å². The number of carbonyl (C=O) groups excluding carboxylic acids is 2. The van der Waals surface area contributed by atoms with Crippen molar-refractivity contribution in [2.45, 2.75) is 57.3 Å². The molecule has 2 aromatic heterocycles. The zero-order valence-corrected chi connectivity index (χ0v) is 28.8. The first-order valence-electron chi connectivity index (χ1n) is 15.2. The number of nitrogens with zero attached hydrogens (tertiary/aromatic N) is 4. The zero-order chi connectivity index (χ0) is 34.8. The molecule has 2 N–H and O–H groups in total. The number of pyridine rings is 1. The van der Waals surface area contributed by atoms with E-state index in [4.69, 9.17) is 4.98 Å². The number of urea groups is 2. The highest BCUT2D eigenvalue weighted by atomic mass is 32.2. The van der Waals surface area contributed by atoms with Crippen molar-refractivity contribution < 1.29 is 26.4 Å². The van der Waals surface area contributed by atoms with Gasteiger partial charge in [-0.2, -0.15) is 0 Å². The molecule has 0 aliphatic heterocycles. The van der Waals surface area contributed by atoms with Crippen LogP contribution in [0.4, 0.5) is 9.59 Å². The smallest absolute Gasteiger partial charge is 0.296 e. The first-order valence-corrected chi connectivity index (χ1v) is 18.1. The third-order valence-corrected chi connectivity index (χ3v) is 10.4. The van der Waals surface area contributed by atoms with Crippen molar-refractivity contribution in [3.63, 3.8) is 0 Å². The number of hydrogen-bond donors (Lipinski definition) is 2. The fraction of sp³-hybridized carbons (Fsp3) is 0.235. The molecule has 14 heteroatoms. The van der Waals surface area contributed by atoms with Crippen molar-refractivity contribution in [1.29, 1.82) is 0 Å². The quantitative estimate of drug-likeness (QED) is 0.212. The molecule has 3 aromatic carbocycles. The fourth-order valence-corrected chi connectivity index (χ4v) is 7.10. The van der Waals surface area contributed by atoms with E-state index < -0.39 is 32.1 Å². The van der Waals surface area contributed by atoms with Crippen LogP contribution in [0.15, 0.2) is 88.7 Å². The number of carbonyl (C=O) groups is 2.